The maximum atomic E-state index is 11.7. The van der Waals surface area contributed by atoms with E-state index < -0.39 is 0 Å². The zero-order valence-corrected chi connectivity index (χ0v) is 9.85. The smallest absolute Gasteiger partial charge is 0.256 e. The fraction of sp³-hybridized carbons (Fsp3) is 0.167. The SMILES string of the molecule is Nc1cc(=O)n2c(n1)SC(c1ccccc1)C2. The number of thioether (sulfide) groups is 1. The Balaban J connectivity index is 1.99. The third kappa shape index (κ3) is 1.82. The van der Waals surface area contributed by atoms with Gasteiger partial charge < -0.3 is 5.73 Å². The van der Waals surface area contributed by atoms with E-state index in [1.165, 1.54) is 11.6 Å². The Kier molecular flexibility index (Phi) is 2.40. The molecule has 17 heavy (non-hydrogen) atoms. The van der Waals surface area contributed by atoms with E-state index in [4.69, 9.17) is 5.73 Å². The van der Waals surface area contributed by atoms with Crippen LogP contribution in [0.15, 0.2) is 46.3 Å². The number of anilines is 1. The highest BCUT2D eigenvalue weighted by atomic mass is 32.2. The highest BCUT2D eigenvalue weighted by Crippen LogP contribution is 2.40. The first-order valence-corrected chi connectivity index (χ1v) is 6.21. The Labute approximate surface area is 102 Å². The van der Waals surface area contributed by atoms with Crippen LogP contribution >= 0.6 is 11.8 Å². The molecule has 1 aromatic carbocycles. The van der Waals surface area contributed by atoms with Crippen molar-refractivity contribution in [1.82, 2.24) is 9.55 Å². The first kappa shape index (κ1) is 10.4. The zero-order valence-electron chi connectivity index (χ0n) is 9.04. The molecular formula is C12H11N3OS. The summed E-state index contributed by atoms with van der Waals surface area (Å²) in [7, 11) is 0. The van der Waals surface area contributed by atoms with Crippen LogP contribution in [0.4, 0.5) is 5.82 Å². The molecule has 0 aliphatic carbocycles. The summed E-state index contributed by atoms with van der Waals surface area (Å²) in [5.41, 5.74) is 6.72. The molecule has 1 aliphatic rings. The monoisotopic (exact) mass is 245 g/mol. The topological polar surface area (TPSA) is 60.9 Å². The van der Waals surface area contributed by atoms with Crippen molar-refractivity contribution >= 4 is 17.6 Å². The number of rotatable bonds is 1. The Morgan fingerprint density at radius 3 is 2.88 bits per heavy atom. The fourth-order valence-corrected chi connectivity index (χ4v) is 3.15. The van der Waals surface area contributed by atoms with Gasteiger partial charge in [0.2, 0.25) is 0 Å². The average Bonchev–Trinajstić information content (AvgIpc) is 2.74. The van der Waals surface area contributed by atoms with E-state index in [1.54, 1.807) is 16.3 Å². The van der Waals surface area contributed by atoms with E-state index in [-0.39, 0.29) is 10.8 Å². The van der Waals surface area contributed by atoms with Crippen molar-refractivity contribution in [3.8, 4) is 0 Å². The van der Waals surface area contributed by atoms with Gasteiger partial charge in [0.25, 0.3) is 5.56 Å². The summed E-state index contributed by atoms with van der Waals surface area (Å²) in [5, 5.41) is 0.960. The Hall–Kier alpha value is -1.75. The third-order valence-corrected chi connectivity index (χ3v) is 3.99. The Bertz CT molecular complexity index is 609. The van der Waals surface area contributed by atoms with Gasteiger partial charge in [-0.15, -0.1) is 0 Å². The summed E-state index contributed by atoms with van der Waals surface area (Å²) in [6.07, 6.45) is 0. The second-order valence-corrected chi connectivity index (χ2v) is 5.10. The molecule has 0 fully saturated rings. The highest BCUT2D eigenvalue weighted by molar-refractivity contribution is 7.99. The van der Waals surface area contributed by atoms with E-state index >= 15 is 0 Å². The van der Waals surface area contributed by atoms with Gasteiger partial charge in [-0.1, -0.05) is 42.1 Å². The normalized spacial score (nSPS) is 18.0. The molecule has 3 rings (SSSR count). The average molecular weight is 245 g/mol. The lowest BCUT2D eigenvalue weighted by Crippen LogP contribution is -2.20. The van der Waals surface area contributed by atoms with Crippen molar-refractivity contribution in [3.63, 3.8) is 0 Å². The minimum atomic E-state index is -0.0709. The van der Waals surface area contributed by atoms with Crippen molar-refractivity contribution < 1.29 is 0 Å². The highest BCUT2D eigenvalue weighted by Gasteiger charge is 2.25. The number of nitrogens with zero attached hydrogens (tertiary/aromatic N) is 2. The minimum absolute atomic E-state index is 0.0709. The molecule has 0 spiro atoms. The molecule has 5 heteroatoms. The predicted molar refractivity (Wildman–Crippen MR) is 67.9 cm³/mol. The van der Waals surface area contributed by atoms with E-state index in [2.05, 4.69) is 17.1 Å². The maximum absolute atomic E-state index is 11.7. The summed E-state index contributed by atoms with van der Waals surface area (Å²) in [5.74, 6) is 0.294. The van der Waals surface area contributed by atoms with Crippen LogP contribution in [-0.2, 0) is 6.54 Å². The molecule has 1 atom stereocenters. The molecular weight excluding hydrogens is 234 g/mol. The fourth-order valence-electron chi connectivity index (χ4n) is 1.93. The molecule has 1 aromatic heterocycles. The predicted octanol–water partition coefficient (Wildman–Crippen LogP) is 1.67. The lowest BCUT2D eigenvalue weighted by molar-refractivity contribution is 0.616. The summed E-state index contributed by atoms with van der Waals surface area (Å²) in [4.78, 5) is 15.9. The van der Waals surface area contributed by atoms with Gasteiger partial charge in [-0.2, -0.15) is 0 Å². The van der Waals surface area contributed by atoms with Gasteiger partial charge in [0.1, 0.15) is 5.82 Å². The number of benzene rings is 1. The van der Waals surface area contributed by atoms with Crippen molar-refractivity contribution in [2.24, 2.45) is 0 Å². The quantitative estimate of drug-likeness (QED) is 0.776. The molecule has 2 aromatic rings. The Morgan fingerprint density at radius 2 is 2.12 bits per heavy atom. The number of aromatic nitrogens is 2. The van der Waals surface area contributed by atoms with E-state index in [9.17, 15) is 4.79 Å². The van der Waals surface area contributed by atoms with Gasteiger partial charge in [-0.25, -0.2) is 4.98 Å². The second kappa shape index (κ2) is 3.92. The van der Waals surface area contributed by atoms with E-state index in [0.717, 1.165) is 0 Å². The largest absolute Gasteiger partial charge is 0.383 e. The molecule has 2 N–H and O–H groups in total. The molecule has 1 aliphatic heterocycles. The van der Waals surface area contributed by atoms with Crippen LogP contribution in [0.3, 0.4) is 0 Å². The number of nitrogens with two attached hydrogens (primary N) is 1. The lowest BCUT2D eigenvalue weighted by atomic mass is 10.1. The van der Waals surface area contributed by atoms with Gasteiger partial charge in [-0.3, -0.25) is 9.36 Å². The summed E-state index contributed by atoms with van der Waals surface area (Å²) in [6, 6.07) is 11.5. The molecule has 0 radical (unpaired) electrons. The minimum Gasteiger partial charge on any atom is -0.383 e. The van der Waals surface area contributed by atoms with Gasteiger partial charge in [0.15, 0.2) is 5.16 Å². The van der Waals surface area contributed by atoms with Gasteiger partial charge in [-0.05, 0) is 5.56 Å². The third-order valence-electron chi connectivity index (χ3n) is 2.76. The molecule has 0 saturated carbocycles. The molecule has 86 valence electrons. The van der Waals surface area contributed by atoms with Crippen LogP contribution in [0.25, 0.3) is 0 Å². The van der Waals surface area contributed by atoms with Crippen LogP contribution in [0.5, 0.6) is 0 Å². The van der Waals surface area contributed by atoms with Crippen molar-refractivity contribution in [3.05, 3.63) is 52.3 Å². The molecule has 2 heterocycles. The summed E-state index contributed by atoms with van der Waals surface area (Å²) >= 11 is 1.59. The van der Waals surface area contributed by atoms with E-state index in [1.807, 2.05) is 18.2 Å². The standard InChI is InChI=1S/C12H11N3OS/c13-10-6-11(16)15-7-9(17-12(15)14-10)8-4-2-1-3-5-8/h1-6,9H,7,13H2. The van der Waals surface area contributed by atoms with Crippen LogP contribution in [0.1, 0.15) is 10.8 Å². The second-order valence-electron chi connectivity index (χ2n) is 3.93. The number of hydrogen-bond acceptors (Lipinski definition) is 4. The van der Waals surface area contributed by atoms with E-state index in [0.29, 0.717) is 17.5 Å². The molecule has 1 unspecified atom stereocenters. The molecule has 0 saturated heterocycles. The van der Waals surface area contributed by atoms with Crippen molar-refractivity contribution in [2.75, 3.05) is 5.73 Å². The van der Waals surface area contributed by atoms with Crippen molar-refractivity contribution in [1.29, 1.82) is 0 Å². The number of fused-ring (bicyclic) bond motifs is 1. The van der Waals surface area contributed by atoms with Gasteiger partial charge >= 0.3 is 0 Å². The summed E-state index contributed by atoms with van der Waals surface area (Å²) in [6.45, 7) is 0.663. The lowest BCUT2D eigenvalue weighted by Gasteiger charge is -2.06. The van der Waals surface area contributed by atoms with Gasteiger partial charge in [0.05, 0.1) is 5.25 Å². The first-order chi connectivity index (χ1) is 8.24. The van der Waals surface area contributed by atoms with Crippen LogP contribution in [0, 0.1) is 0 Å². The van der Waals surface area contributed by atoms with Crippen LogP contribution in [0.2, 0.25) is 0 Å². The number of nitrogen functional groups attached to an aromatic ring is 1. The first-order valence-electron chi connectivity index (χ1n) is 5.33. The van der Waals surface area contributed by atoms with Crippen LogP contribution in [-0.4, -0.2) is 9.55 Å². The Morgan fingerprint density at radius 1 is 1.35 bits per heavy atom. The van der Waals surface area contributed by atoms with Crippen molar-refractivity contribution in [2.45, 2.75) is 17.0 Å². The molecule has 0 bridgehead atoms. The molecule has 0 amide bonds. The summed E-state index contributed by atoms with van der Waals surface area (Å²) < 4.78 is 1.68. The number of hydrogen-bond donors (Lipinski definition) is 1. The molecule has 4 nitrogen and oxygen atoms in total. The van der Waals surface area contributed by atoms with Gasteiger partial charge in [0, 0.05) is 12.6 Å². The zero-order chi connectivity index (χ0) is 11.8. The maximum Gasteiger partial charge on any atom is 0.256 e. The van der Waals surface area contributed by atoms with Crippen LogP contribution < -0.4 is 11.3 Å².